The Kier molecular flexibility index (Phi) is 4.53. The third-order valence-corrected chi connectivity index (χ3v) is 3.06. The number of hydrogen-bond acceptors (Lipinski definition) is 2. The van der Waals surface area contributed by atoms with E-state index in [0.717, 1.165) is 18.5 Å². The van der Waals surface area contributed by atoms with Gasteiger partial charge in [0.25, 0.3) is 5.91 Å². The van der Waals surface area contributed by atoms with E-state index in [9.17, 15) is 4.79 Å². The van der Waals surface area contributed by atoms with Crippen molar-refractivity contribution in [2.24, 2.45) is 0 Å². The molecule has 0 aliphatic heterocycles. The number of rotatable bonds is 4. The molecule has 19 heavy (non-hydrogen) atoms. The lowest BCUT2D eigenvalue weighted by Gasteiger charge is -2.07. The van der Waals surface area contributed by atoms with Crippen molar-refractivity contribution in [2.75, 3.05) is 5.32 Å². The zero-order chi connectivity index (χ0) is 13.7. The van der Waals surface area contributed by atoms with E-state index in [0.29, 0.717) is 5.56 Å². The number of halogens is 1. The lowest BCUT2D eigenvalue weighted by Crippen LogP contribution is -2.12. The SMILES string of the molecule is CCCc1ccc(NC(=O)c2cccnc2Cl)cc1. The summed E-state index contributed by atoms with van der Waals surface area (Å²) in [5.74, 6) is -0.249. The Morgan fingerprint density at radius 2 is 2.00 bits per heavy atom. The number of nitrogens with zero attached hydrogens (tertiary/aromatic N) is 1. The van der Waals surface area contributed by atoms with Gasteiger partial charge >= 0.3 is 0 Å². The first-order valence-corrected chi connectivity index (χ1v) is 6.59. The van der Waals surface area contributed by atoms with E-state index in [1.54, 1.807) is 18.3 Å². The molecule has 0 aliphatic rings. The fourth-order valence-corrected chi connectivity index (χ4v) is 2.00. The lowest BCUT2D eigenvalue weighted by molar-refractivity contribution is 0.102. The van der Waals surface area contributed by atoms with Gasteiger partial charge in [-0.05, 0) is 36.2 Å². The first-order chi connectivity index (χ1) is 9.20. The molecule has 1 aromatic heterocycles. The molecular weight excluding hydrogens is 260 g/mol. The van der Waals surface area contributed by atoms with Gasteiger partial charge in [-0.15, -0.1) is 0 Å². The van der Waals surface area contributed by atoms with Gasteiger partial charge in [-0.1, -0.05) is 37.1 Å². The monoisotopic (exact) mass is 274 g/mol. The fourth-order valence-electron chi connectivity index (χ4n) is 1.80. The Morgan fingerprint density at radius 3 is 2.63 bits per heavy atom. The number of pyridine rings is 1. The average molecular weight is 275 g/mol. The molecule has 1 heterocycles. The van der Waals surface area contributed by atoms with Crippen LogP contribution in [0.4, 0.5) is 5.69 Å². The summed E-state index contributed by atoms with van der Waals surface area (Å²) in [6.45, 7) is 2.14. The van der Waals surface area contributed by atoms with Crippen LogP contribution in [0, 0.1) is 0 Å². The standard InChI is InChI=1S/C15H15ClN2O/c1-2-4-11-6-8-12(9-7-11)18-15(19)13-5-3-10-17-14(13)16/h3,5-10H,2,4H2,1H3,(H,18,19). The molecule has 0 unspecified atom stereocenters. The van der Waals surface area contributed by atoms with Gasteiger partial charge in [0.05, 0.1) is 5.56 Å². The summed E-state index contributed by atoms with van der Waals surface area (Å²) in [6.07, 6.45) is 3.71. The second-order valence-electron chi connectivity index (χ2n) is 4.24. The first-order valence-electron chi connectivity index (χ1n) is 6.21. The molecule has 0 bridgehead atoms. The minimum absolute atomic E-state index is 0.211. The van der Waals surface area contributed by atoms with Crippen LogP contribution in [-0.2, 0) is 6.42 Å². The molecule has 98 valence electrons. The third kappa shape index (κ3) is 3.55. The van der Waals surface area contributed by atoms with Crippen LogP contribution >= 0.6 is 11.6 Å². The Bertz CT molecular complexity index is 567. The van der Waals surface area contributed by atoms with Gasteiger partial charge < -0.3 is 5.32 Å². The van der Waals surface area contributed by atoms with E-state index in [2.05, 4.69) is 17.2 Å². The number of amides is 1. The second kappa shape index (κ2) is 6.34. The van der Waals surface area contributed by atoms with Gasteiger partial charge in [0.2, 0.25) is 0 Å². The van der Waals surface area contributed by atoms with Crippen molar-refractivity contribution < 1.29 is 4.79 Å². The van der Waals surface area contributed by atoms with Gasteiger partial charge in [0.15, 0.2) is 0 Å². The van der Waals surface area contributed by atoms with Crippen LogP contribution in [0.1, 0.15) is 29.3 Å². The molecule has 0 radical (unpaired) electrons. The average Bonchev–Trinajstić information content (AvgIpc) is 2.42. The minimum Gasteiger partial charge on any atom is -0.322 e. The van der Waals surface area contributed by atoms with Crippen molar-refractivity contribution in [3.63, 3.8) is 0 Å². The van der Waals surface area contributed by atoms with Crippen molar-refractivity contribution in [1.82, 2.24) is 4.98 Å². The molecule has 0 saturated heterocycles. The van der Waals surface area contributed by atoms with Crippen LogP contribution < -0.4 is 5.32 Å². The quantitative estimate of drug-likeness (QED) is 0.858. The maximum absolute atomic E-state index is 12.0. The van der Waals surface area contributed by atoms with Gasteiger partial charge in [-0.25, -0.2) is 4.98 Å². The minimum atomic E-state index is -0.249. The Morgan fingerprint density at radius 1 is 1.26 bits per heavy atom. The fraction of sp³-hybridized carbons (Fsp3) is 0.200. The number of carbonyl (C=O) groups is 1. The van der Waals surface area contributed by atoms with Gasteiger partial charge in [0, 0.05) is 11.9 Å². The van der Waals surface area contributed by atoms with Crippen molar-refractivity contribution in [2.45, 2.75) is 19.8 Å². The highest BCUT2D eigenvalue weighted by Crippen LogP contribution is 2.16. The molecule has 0 atom stereocenters. The molecule has 0 fully saturated rings. The number of nitrogens with one attached hydrogen (secondary N) is 1. The largest absolute Gasteiger partial charge is 0.322 e. The number of aromatic nitrogens is 1. The van der Waals surface area contributed by atoms with Crippen LogP contribution in [0.15, 0.2) is 42.6 Å². The Labute approximate surface area is 117 Å². The molecule has 0 aliphatic carbocycles. The third-order valence-electron chi connectivity index (χ3n) is 2.75. The van der Waals surface area contributed by atoms with E-state index >= 15 is 0 Å². The summed E-state index contributed by atoms with van der Waals surface area (Å²) in [5.41, 5.74) is 2.39. The maximum atomic E-state index is 12.0. The van der Waals surface area contributed by atoms with Crippen LogP contribution in [0.25, 0.3) is 0 Å². The van der Waals surface area contributed by atoms with Crippen LogP contribution in [-0.4, -0.2) is 10.9 Å². The van der Waals surface area contributed by atoms with Gasteiger partial charge in [0.1, 0.15) is 5.15 Å². The van der Waals surface area contributed by atoms with Crippen LogP contribution in [0.3, 0.4) is 0 Å². The zero-order valence-electron chi connectivity index (χ0n) is 10.7. The Balaban J connectivity index is 2.09. The van der Waals surface area contributed by atoms with Crippen molar-refractivity contribution >= 4 is 23.2 Å². The van der Waals surface area contributed by atoms with Crippen molar-refractivity contribution in [3.8, 4) is 0 Å². The summed E-state index contributed by atoms with van der Waals surface area (Å²) in [4.78, 5) is 15.9. The molecular formula is C15H15ClN2O. The first kappa shape index (κ1) is 13.6. The van der Waals surface area contributed by atoms with Crippen LogP contribution in [0.2, 0.25) is 5.15 Å². The topological polar surface area (TPSA) is 42.0 Å². The maximum Gasteiger partial charge on any atom is 0.258 e. The van der Waals surface area contributed by atoms with Crippen LogP contribution in [0.5, 0.6) is 0 Å². The van der Waals surface area contributed by atoms with Crippen molar-refractivity contribution in [1.29, 1.82) is 0 Å². The highest BCUT2D eigenvalue weighted by atomic mass is 35.5. The van der Waals surface area contributed by atoms with Gasteiger partial charge in [-0.2, -0.15) is 0 Å². The van der Waals surface area contributed by atoms with E-state index in [1.807, 2.05) is 24.3 Å². The summed E-state index contributed by atoms with van der Waals surface area (Å²) in [5, 5.41) is 3.02. The number of carbonyl (C=O) groups excluding carboxylic acids is 1. The zero-order valence-corrected chi connectivity index (χ0v) is 11.4. The predicted molar refractivity (Wildman–Crippen MR) is 77.6 cm³/mol. The van der Waals surface area contributed by atoms with E-state index in [4.69, 9.17) is 11.6 Å². The predicted octanol–water partition coefficient (Wildman–Crippen LogP) is 3.94. The molecule has 1 aromatic carbocycles. The molecule has 4 heteroatoms. The molecule has 1 N–H and O–H groups in total. The number of aryl methyl sites for hydroxylation is 1. The second-order valence-corrected chi connectivity index (χ2v) is 4.60. The summed E-state index contributed by atoms with van der Waals surface area (Å²) >= 11 is 5.88. The normalized spacial score (nSPS) is 10.2. The van der Waals surface area contributed by atoms with Crippen molar-refractivity contribution in [3.05, 3.63) is 58.9 Å². The lowest BCUT2D eigenvalue weighted by atomic mass is 10.1. The highest BCUT2D eigenvalue weighted by molar-refractivity contribution is 6.33. The number of benzene rings is 1. The van der Waals surface area contributed by atoms with E-state index < -0.39 is 0 Å². The number of hydrogen-bond donors (Lipinski definition) is 1. The molecule has 2 rings (SSSR count). The molecule has 3 nitrogen and oxygen atoms in total. The summed E-state index contributed by atoms with van der Waals surface area (Å²) in [6, 6.07) is 11.2. The van der Waals surface area contributed by atoms with E-state index in [-0.39, 0.29) is 11.1 Å². The molecule has 1 amide bonds. The number of anilines is 1. The summed E-state index contributed by atoms with van der Waals surface area (Å²) in [7, 11) is 0. The molecule has 2 aromatic rings. The highest BCUT2D eigenvalue weighted by Gasteiger charge is 2.10. The molecule has 0 saturated carbocycles. The summed E-state index contributed by atoms with van der Waals surface area (Å²) < 4.78 is 0. The van der Waals surface area contributed by atoms with Gasteiger partial charge in [-0.3, -0.25) is 4.79 Å². The van der Waals surface area contributed by atoms with E-state index in [1.165, 1.54) is 5.56 Å². The smallest absolute Gasteiger partial charge is 0.258 e. The Hall–Kier alpha value is -1.87. The molecule has 0 spiro atoms.